The zero-order valence-electron chi connectivity index (χ0n) is 26.1. The van der Waals surface area contributed by atoms with Gasteiger partial charge in [-0.1, -0.05) is 35.6 Å². The second-order valence-corrected chi connectivity index (χ2v) is 14.9. The highest BCUT2D eigenvalue weighted by atomic mass is 32.2. The van der Waals surface area contributed by atoms with E-state index in [0.29, 0.717) is 29.5 Å². The van der Waals surface area contributed by atoms with Gasteiger partial charge in [0.25, 0.3) is 5.91 Å². The van der Waals surface area contributed by atoms with Crippen molar-refractivity contribution in [1.29, 1.82) is 0 Å². The maximum absolute atomic E-state index is 14.0. The quantitative estimate of drug-likeness (QED) is 0.219. The Bertz CT molecular complexity index is 2010. The van der Waals surface area contributed by atoms with Crippen LogP contribution in [0, 0.1) is 42.3 Å². The lowest BCUT2D eigenvalue weighted by Crippen LogP contribution is -2.42. The third-order valence-corrected chi connectivity index (χ3v) is 12.8. The van der Waals surface area contributed by atoms with Crippen LogP contribution in [0.3, 0.4) is 0 Å². The van der Waals surface area contributed by atoms with Crippen molar-refractivity contribution in [1.82, 2.24) is 4.98 Å². The molecule has 2 bridgehead atoms. The molecule has 1 aromatic heterocycles. The number of imide groups is 1. The highest BCUT2D eigenvalue weighted by molar-refractivity contribution is 8.00. The summed E-state index contributed by atoms with van der Waals surface area (Å²) in [7, 11) is 0. The molecule has 7 atom stereocenters. The van der Waals surface area contributed by atoms with E-state index in [-0.39, 0.29) is 58.1 Å². The molecule has 4 aliphatic rings. The molecule has 4 unspecified atom stereocenters. The summed E-state index contributed by atoms with van der Waals surface area (Å²) in [5.74, 6) is -1.57. The van der Waals surface area contributed by atoms with Crippen LogP contribution in [0.15, 0.2) is 76.6 Å². The molecule has 3 aromatic carbocycles. The van der Waals surface area contributed by atoms with E-state index in [0.717, 1.165) is 27.5 Å². The fourth-order valence-corrected chi connectivity index (χ4v) is 11.3. The Balaban J connectivity index is 1.10. The van der Waals surface area contributed by atoms with E-state index in [1.165, 1.54) is 40.5 Å². The molecule has 1 saturated heterocycles. The van der Waals surface area contributed by atoms with Crippen LogP contribution in [0.25, 0.3) is 0 Å². The molecule has 0 radical (unpaired) electrons. The fourth-order valence-electron chi connectivity index (χ4n) is 8.38. The van der Waals surface area contributed by atoms with E-state index in [2.05, 4.69) is 10.3 Å². The lowest BCUT2D eigenvalue weighted by Gasteiger charge is -2.43. The number of aryl methyl sites for hydroxylation is 1. The smallest absolute Gasteiger partial charge is 0.305 e. The Morgan fingerprint density at radius 1 is 0.979 bits per heavy atom. The summed E-state index contributed by atoms with van der Waals surface area (Å²) < 4.78 is 25.7. The second-order valence-electron chi connectivity index (χ2n) is 12.7. The Kier molecular flexibility index (Phi) is 7.67. The third-order valence-electron chi connectivity index (χ3n) is 10.2. The van der Waals surface area contributed by atoms with Crippen LogP contribution in [-0.2, 0) is 14.4 Å². The summed E-state index contributed by atoms with van der Waals surface area (Å²) in [4.78, 5) is 58.3. The average Bonchev–Trinajstić information content (AvgIpc) is 3.81. The van der Waals surface area contributed by atoms with Gasteiger partial charge in [-0.05, 0) is 91.6 Å². The maximum Gasteiger partial charge on any atom is 0.305 e. The molecule has 246 valence electrons. The molecular formula is C36H32FN3O6S2. The minimum atomic E-state index is -0.477. The van der Waals surface area contributed by atoms with Crippen LogP contribution in [0.1, 0.15) is 35.3 Å². The number of carbonyl (C=O) groups excluding carboxylic acids is 3. The number of nitrogens with zero attached hydrogens (tertiary/aromatic N) is 1. The van der Waals surface area contributed by atoms with E-state index in [1.807, 2.05) is 50.2 Å². The number of anilines is 2. The monoisotopic (exact) mass is 685 g/mol. The van der Waals surface area contributed by atoms with E-state index < -0.39 is 17.7 Å². The Labute approximate surface area is 283 Å². The van der Waals surface area contributed by atoms with Crippen molar-refractivity contribution >= 4 is 52.2 Å². The Hall–Kier alpha value is -4.42. The first-order valence-corrected chi connectivity index (χ1v) is 17.7. The van der Waals surface area contributed by atoms with Gasteiger partial charge in [0.15, 0.2) is 18.1 Å². The molecule has 2 aliphatic carbocycles. The number of rotatable bonds is 8. The van der Waals surface area contributed by atoms with Crippen molar-refractivity contribution in [2.75, 3.05) is 23.4 Å². The number of halogens is 1. The molecular weight excluding hydrogens is 654 g/mol. The summed E-state index contributed by atoms with van der Waals surface area (Å²) >= 11 is 2.79. The summed E-state index contributed by atoms with van der Waals surface area (Å²) in [6.45, 7) is 3.95. The van der Waals surface area contributed by atoms with E-state index >= 15 is 0 Å². The first-order valence-electron chi connectivity index (χ1n) is 16.0. The van der Waals surface area contributed by atoms with Crippen molar-refractivity contribution < 1.29 is 28.2 Å². The van der Waals surface area contributed by atoms with Gasteiger partial charge in [-0.3, -0.25) is 24.1 Å². The van der Waals surface area contributed by atoms with Crippen molar-refractivity contribution in [3.8, 4) is 11.5 Å². The maximum atomic E-state index is 14.0. The first kappa shape index (κ1) is 30.9. The van der Waals surface area contributed by atoms with Gasteiger partial charge in [-0.25, -0.2) is 4.39 Å². The van der Waals surface area contributed by atoms with Crippen LogP contribution in [-0.4, -0.2) is 41.2 Å². The molecule has 3 heterocycles. The number of fused-ring (bicyclic) bond motifs is 9. The van der Waals surface area contributed by atoms with Gasteiger partial charge in [0.2, 0.25) is 11.8 Å². The lowest BCUT2D eigenvalue weighted by atomic mass is 9.68. The van der Waals surface area contributed by atoms with Gasteiger partial charge in [0.05, 0.1) is 29.2 Å². The van der Waals surface area contributed by atoms with Crippen LogP contribution in [0.4, 0.5) is 15.8 Å². The van der Waals surface area contributed by atoms with Gasteiger partial charge >= 0.3 is 4.87 Å². The molecule has 48 heavy (non-hydrogen) atoms. The third kappa shape index (κ3) is 4.95. The Morgan fingerprint density at radius 3 is 2.48 bits per heavy atom. The molecule has 4 aromatic rings. The highest BCUT2D eigenvalue weighted by Crippen LogP contribution is 2.68. The molecule has 3 amide bonds. The van der Waals surface area contributed by atoms with E-state index in [1.54, 1.807) is 17.8 Å². The highest BCUT2D eigenvalue weighted by Gasteiger charge is 2.69. The number of carbonyl (C=O) groups is 3. The summed E-state index contributed by atoms with van der Waals surface area (Å²) in [6, 6.07) is 18.6. The van der Waals surface area contributed by atoms with Gasteiger partial charge in [0.1, 0.15) is 5.82 Å². The van der Waals surface area contributed by atoms with E-state index in [9.17, 15) is 23.6 Å². The summed E-state index contributed by atoms with van der Waals surface area (Å²) in [5, 5.41) is 3.70. The van der Waals surface area contributed by atoms with E-state index in [4.69, 9.17) is 9.47 Å². The van der Waals surface area contributed by atoms with Crippen LogP contribution in [0.5, 0.6) is 11.5 Å². The summed E-state index contributed by atoms with van der Waals surface area (Å²) in [5.41, 5.74) is 2.96. The number of benzene rings is 3. The van der Waals surface area contributed by atoms with Crippen LogP contribution < -0.4 is 24.6 Å². The van der Waals surface area contributed by atoms with Gasteiger partial charge in [0, 0.05) is 21.7 Å². The molecule has 9 nitrogen and oxygen atoms in total. The van der Waals surface area contributed by atoms with Crippen LogP contribution in [0.2, 0.25) is 0 Å². The number of thiazole rings is 1. The number of H-pyrrole nitrogens is 1. The van der Waals surface area contributed by atoms with Crippen molar-refractivity contribution in [3.63, 3.8) is 0 Å². The molecule has 8 rings (SSSR count). The number of nitrogens with one attached hydrogen (secondary N) is 2. The molecule has 2 aliphatic heterocycles. The fraction of sp³-hybridized carbons (Fsp3) is 0.333. The number of hydrogen-bond acceptors (Lipinski definition) is 8. The molecule has 12 heteroatoms. The molecule has 2 N–H and O–H groups in total. The van der Waals surface area contributed by atoms with Crippen molar-refractivity contribution in [3.05, 3.63) is 98.2 Å². The predicted octanol–water partition coefficient (Wildman–Crippen LogP) is 5.98. The number of ether oxygens (including phenoxy) is 2. The zero-order valence-corrected chi connectivity index (χ0v) is 27.7. The predicted molar refractivity (Wildman–Crippen MR) is 180 cm³/mol. The number of hydrogen-bond donors (Lipinski definition) is 2. The number of aromatic amines is 1. The number of thioether (sulfide) groups is 1. The molecule has 3 fully saturated rings. The van der Waals surface area contributed by atoms with Crippen molar-refractivity contribution in [2.24, 2.45) is 29.6 Å². The van der Waals surface area contributed by atoms with Crippen molar-refractivity contribution in [2.45, 2.75) is 36.5 Å². The number of amides is 3. The largest absolute Gasteiger partial charge is 0.490 e. The minimum absolute atomic E-state index is 0.00810. The number of aromatic nitrogens is 1. The van der Waals surface area contributed by atoms with Gasteiger partial charge in [-0.15, -0.1) is 11.8 Å². The zero-order chi connectivity index (χ0) is 33.3. The average molecular weight is 686 g/mol. The van der Waals surface area contributed by atoms with Gasteiger partial charge < -0.3 is 19.8 Å². The molecule has 2 saturated carbocycles. The van der Waals surface area contributed by atoms with Crippen LogP contribution >= 0.6 is 23.1 Å². The molecule has 0 spiro atoms. The SMILES string of the molecule is CCOc1cc([C@H]2c3sc(=O)[nH]c3SC3C2[C@H]2C[C@@H]3C3C(=O)N(c4ccc(F)cc4)C(=O)C32)ccc1OCC(=O)Nc1ccccc1C. The lowest BCUT2D eigenvalue weighted by molar-refractivity contribution is -0.123. The second kappa shape index (κ2) is 11.9. The Morgan fingerprint density at radius 2 is 1.73 bits per heavy atom. The topological polar surface area (TPSA) is 118 Å². The number of para-hydroxylation sites is 1. The first-order chi connectivity index (χ1) is 23.2. The minimum Gasteiger partial charge on any atom is -0.490 e. The normalized spacial score (nSPS) is 26.6. The summed E-state index contributed by atoms with van der Waals surface area (Å²) in [6.07, 6.45) is 0.748. The van der Waals surface area contributed by atoms with Gasteiger partial charge in [-0.2, -0.15) is 0 Å². The standard InChI is InChI=1S/C36H32FN3O6S2/c1-3-45-25-14-18(8-13-24(25)46-16-26(41)38-23-7-5-4-6-17(23)2)27-28-21-15-22(31(28)47-33-32(27)48-36(44)39-33)30-29(21)34(42)40(35(30)43)20-11-9-19(37)10-12-20/h4-14,21-22,27-31H,3,15-16H2,1-2H3,(H,38,41)(H,39,44)/t21-,22-,27-,28?,29?,30?,31?/m1/s1.